The smallest absolute Gasteiger partial charge is 0.329 e. The van der Waals surface area contributed by atoms with E-state index >= 15 is 0 Å². The fourth-order valence-corrected chi connectivity index (χ4v) is 2.32. The largest absolute Gasteiger partial charge is 0.490 e. The minimum atomic E-state index is -0.879. The van der Waals surface area contributed by atoms with Gasteiger partial charge in [0, 0.05) is 12.2 Å². The first kappa shape index (κ1) is 23.3. The van der Waals surface area contributed by atoms with Crippen LogP contribution >= 0.6 is 0 Å². The number of ether oxygens (including phenoxy) is 2. The number of hydrogen-bond donors (Lipinski definition) is 3. The lowest BCUT2D eigenvalue weighted by Gasteiger charge is -2.12. The number of nitrogens with zero attached hydrogens (tertiary/aromatic N) is 1. The van der Waals surface area contributed by atoms with E-state index < -0.39 is 23.5 Å². The van der Waals surface area contributed by atoms with Crippen LogP contribution < -0.4 is 25.5 Å². The minimum absolute atomic E-state index is 0.284. The number of amides is 3. The molecule has 2 aromatic rings. The first-order valence-corrected chi connectivity index (χ1v) is 9.49. The number of carbonyl (C=O) groups excluding carboxylic acids is 3. The molecule has 0 aliphatic heterocycles. The number of halogens is 1. The number of rotatable bonds is 9. The van der Waals surface area contributed by atoms with E-state index in [0.29, 0.717) is 35.9 Å². The molecule has 0 atom stereocenters. The molecule has 0 spiro atoms. The van der Waals surface area contributed by atoms with Gasteiger partial charge < -0.3 is 20.1 Å². The van der Waals surface area contributed by atoms with Gasteiger partial charge in [0.2, 0.25) is 0 Å². The topological polar surface area (TPSA) is 118 Å². The van der Waals surface area contributed by atoms with Crippen molar-refractivity contribution in [1.29, 1.82) is 0 Å². The normalized spacial score (nSPS) is 10.4. The maximum absolute atomic E-state index is 12.9. The molecule has 31 heavy (non-hydrogen) atoms. The second-order valence-electron chi connectivity index (χ2n) is 6.04. The Morgan fingerprint density at radius 3 is 2.42 bits per heavy atom. The highest BCUT2D eigenvalue weighted by molar-refractivity contribution is 6.35. The number of hydrogen-bond acceptors (Lipinski definition) is 6. The van der Waals surface area contributed by atoms with Gasteiger partial charge in [-0.1, -0.05) is 0 Å². The molecule has 0 aliphatic carbocycles. The highest BCUT2D eigenvalue weighted by Crippen LogP contribution is 2.28. The summed E-state index contributed by atoms with van der Waals surface area (Å²) in [7, 11) is 0. The number of likely N-dealkylation sites (N-methyl/N-ethyl adjacent to an activating group) is 1. The van der Waals surface area contributed by atoms with Gasteiger partial charge in [0.25, 0.3) is 5.91 Å². The molecule has 2 aromatic carbocycles. The molecule has 0 saturated heterocycles. The van der Waals surface area contributed by atoms with E-state index in [2.05, 4.69) is 21.2 Å². The second-order valence-corrected chi connectivity index (χ2v) is 6.04. The van der Waals surface area contributed by atoms with Crippen LogP contribution in [0.3, 0.4) is 0 Å². The van der Waals surface area contributed by atoms with E-state index in [1.165, 1.54) is 30.5 Å². The van der Waals surface area contributed by atoms with Crippen molar-refractivity contribution in [3.05, 3.63) is 53.8 Å². The van der Waals surface area contributed by atoms with Crippen molar-refractivity contribution in [3.8, 4) is 11.5 Å². The lowest BCUT2D eigenvalue weighted by atomic mass is 10.2. The van der Waals surface area contributed by atoms with Crippen molar-refractivity contribution in [3.63, 3.8) is 0 Å². The van der Waals surface area contributed by atoms with Gasteiger partial charge in [-0.2, -0.15) is 5.10 Å². The van der Waals surface area contributed by atoms with E-state index in [4.69, 9.17) is 9.47 Å². The number of hydrazone groups is 1. The number of carbonyl (C=O) groups is 3. The van der Waals surface area contributed by atoms with Gasteiger partial charge in [-0.25, -0.2) is 9.82 Å². The van der Waals surface area contributed by atoms with Crippen LogP contribution in [0.4, 0.5) is 10.1 Å². The van der Waals surface area contributed by atoms with Crippen molar-refractivity contribution in [2.24, 2.45) is 5.10 Å². The summed E-state index contributed by atoms with van der Waals surface area (Å²) < 4.78 is 24.0. The molecule has 0 aromatic heterocycles. The van der Waals surface area contributed by atoms with E-state index in [1.807, 2.05) is 0 Å². The molecular formula is C21H23FN4O5. The van der Waals surface area contributed by atoms with Gasteiger partial charge in [-0.05, 0) is 61.9 Å². The highest BCUT2D eigenvalue weighted by Gasteiger charge is 2.11. The quantitative estimate of drug-likeness (QED) is 0.319. The third-order valence-corrected chi connectivity index (χ3v) is 3.68. The standard InChI is InChI=1S/C21H23FN4O5/c1-3-23-20(28)21(29)26-24-12-14-5-10-17(18(11-14)30-4-2)31-13-19(27)25-16-8-6-15(22)7-9-16/h5-12H,3-4,13H2,1-2H3,(H,23,28)(H,25,27)(H,26,29)/b24-12-. The summed E-state index contributed by atoms with van der Waals surface area (Å²) in [6.45, 7) is 3.88. The average molecular weight is 430 g/mol. The van der Waals surface area contributed by atoms with Crippen LogP contribution in [0, 0.1) is 5.82 Å². The lowest BCUT2D eigenvalue weighted by molar-refractivity contribution is -0.139. The molecular weight excluding hydrogens is 407 g/mol. The van der Waals surface area contributed by atoms with Gasteiger partial charge in [0.05, 0.1) is 12.8 Å². The van der Waals surface area contributed by atoms with Crippen LogP contribution in [0.2, 0.25) is 0 Å². The van der Waals surface area contributed by atoms with Crippen LogP contribution in [-0.4, -0.2) is 43.7 Å². The van der Waals surface area contributed by atoms with E-state index in [0.717, 1.165) is 0 Å². The number of benzene rings is 2. The predicted octanol–water partition coefficient (Wildman–Crippen LogP) is 1.83. The Hall–Kier alpha value is -3.95. The van der Waals surface area contributed by atoms with Gasteiger partial charge in [-0.3, -0.25) is 14.4 Å². The van der Waals surface area contributed by atoms with Crippen molar-refractivity contribution in [2.75, 3.05) is 25.1 Å². The summed E-state index contributed by atoms with van der Waals surface area (Å²) in [4.78, 5) is 34.9. The summed E-state index contributed by atoms with van der Waals surface area (Å²) in [5, 5.41) is 8.68. The van der Waals surface area contributed by atoms with Crippen LogP contribution in [0.25, 0.3) is 0 Å². The summed E-state index contributed by atoms with van der Waals surface area (Å²) >= 11 is 0. The fourth-order valence-electron chi connectivity index (χ4n) is 2.32. The van der Waals surface area contributed by atoms with Gasteiger partial charge in [0.15, 0.2) is 18.1 Å². The zero-order valence-corrected chi connectivity index (χ0v) is 17.1. The Morgan fingerprint density at radius 1 is 1.00 bits per heavy atom. The molecule has 0 fully saturated rings. The molecule has 10 heteroatoms. The molecule has 164 valence electrons. The second kappa shape index (κ2) is 11.9. The fraction of sp³-hybridized carbons (Fsp3) is 0.238. The van der Waals surface area contributed by atoms with Crippen molar-refractivity contribution in [2.45, 2.75) is 13.8 Å². The van der Waals surface area contributed by atoms with E-state index in [9.17, 15) is 18.8 Å². The maximum atomic E-state index is 12.9. The van der Waals surface area contributed by atoms with Crippen molar-refractivity contribution in [1.82, 2.24) is 10.7 Å². The molecule has 0 heterocycles. The molecule has 3 N–H and O–H groups in total. The summed E-state index contributed by atoms with van der Waals surface area (Å²) in [5.74, 6) is -1.78. The Balaban J connectivity index is 1.96. The Bertz CT molecular complexity index is 947. The molecule has 0 aliphatic rings. The van der Waals surface area contributed by atoms with Crippen LogP contribution in [0.1, 0.15) is 19.4 Å². The van der Waals surface area contributed by atoms with Crippen LogP contribution in [-0.2, 0) is 14.4 Å². The van der Waals surface area contributed by atoms with E-state index in [1.54, 1.807) is 32.0 Å². The van der Waals surface area contributed by atoms with Gasteiger partial charge in [-0.15, -0.1) is 0 Å². The van der Waals surface area contributed by atoms with Crippen molar-refractivity contribution >= 4 is 29.6 Å². The maximum Gasteiger partial charge on any atom is 0.329 e. The molecule has 0 saturated carbocycles. The predicted molar refractivity (Wildman–Crippen MR) is 113 cm³/mol. The molecule has 3 amide bonds. The molecule has 0 unspecified atom stereocenters. The monoisotopic (exact) mass is 430 g/mol. The highest BCUT2D eigenvalue weighted by atomic mass is 19.1. The first-order valence-electron chi connectivity index (χ1n) is 9.49. The third-order valence-electron chi connectivity index (χ3n) is 3.68. The summed E-state index contributed by atoms with van der Waals surface area (Å²) in [6, 6.07) is 10.2. The molecule has 0 radical (unpaired) electrons. The average Bonchev–Trinajstić information content (AvgIpc) is 2.75. The zero-order chi connectivity index (χ0) is 22.6. The SMILES string of the molecule is CCNC(=O)C(=O)N/N=C\c1ccc(OCC(=O)Nc2ccc(F)cc2)c(OCC)c1. The molecule has 9 nitrogen and oxygen atoms in total. The van der Waals surface area contributed by atoms with Gasteiger partial charge in [0.1, 0.15) is 5.82 Å². The summed E-state index contributed by atoms with van der Waals surface area (Å²) in [5.41, 5.74) is 3.14. The minimum Gasteiger partial charge on any atom is -0.490 e. The van der Waals surface area contributed by atoms with Gasteiger partial charge >= 0.3 is 11.8 Å². The molecule has 2 rings (SSSR count). The Labute approximate surface area is 178 Å². The van der Waals surface area contributed by atoms with E-state index in [-0.39, 0.29) is 6.61 Å². The Morgan fingerprint density at radius 2 is 1.74 bits per heavy atom. The number of anilines is 1. The third kappa shape index (κ3) is 7.77. The number of nitrogens with one attached hydrogen (secondary N) is 3. The zero-order valence-electron chi connectivity index (χ0n) is 17.1. The summed E-state index contributed by atoms with van der Waals surface area (Å²) in [6.07, 6.45) is 1.34. The van der Waals surface area contributed by atoms with Crippen LogP contribution in [0.15, 0.2) is 47.6 Å². The first-order chi connectivity index (χ1) is 14.9. The lowest BCUT2D eigenvalue weighted by Crippen LogP contribution is -2.37. The Kier molecular flexibility index (Phi) is 8.96. The molecule has 0 bridgehead atoms. The van der Waals surface area contributed by atoms with Crippen molar-refractivity contribution < 1.29 is 28.2 Å². The van der Waals surface area contributed by atoms with Crippen LogP contribution in [0.5, 0.6) is 11.5 Å².